The standard InChI is InChI=1S/C11H17NO4/c1-6(5-16-9(4)13)12-10(14)7(2)8(3)11(12)15/h6-8H,5H2,1-4H3/t6-,7+,8+/m0/s1. The molecule has 0 aromatic heterocycles. The number of imide groups is 1. The van der Waals surface area contributed by atoms with Crippen LogP contribution in [0, 0.1) is 11.8 Å². The Labute approximate surface area is 94.7 Å². The van der Waals surface area contributed by atoms with Gasteiger partial charge in [0.15, 0.2) is 0 Å². The molecule has 1 fully saturated rings. The van der Waals surface area contributed by atoms with Crippen molar-refractivity contribution in [1.29, 1.82) is 0 Å². The largest absolute Gasteiger partial charge is 0.464 e. The van der Waals surface area contributed by atoms with E-state index in [1.54, 1.807) is 20.8 Å². The number of hydrogen-bond acceptors (Lipinski definition) is 4. The fraction of sp³-hybridized carbons (Fsp3) is 0.727. The predicted octanol–water partition coefficient (Wildman–Crippen LogP) is 0.579. The first-order valence-corrected chi connectivity index (χ1v) is 5.36. The number of likely N-dealkylation sites (tertiary alicyclic amines) is 1. The lowest BCUT2D eigenvalue weighted by Crippen LogP contribution is -2.41. The minimum Gasteiger partial charge on any atom is -0.464 e. The zero-order valence-electron chi connectivity index (χ0n) is 10.0. The number of carbonyl (C=O) groups is 3. The van der Waals surface area contributed by atoms with Crippen LogP contribution in [0.15, 0.2) is 0 Å². The lowest BCUT2D eigenvalue weighted by molar-refractivity contribution is -0.150. The molecule has 1 aliphatic rings. The van der Waals surface area contributed by atoms with Crippen LogP contribution in [-0.2, 0) is 19.1 Å². The summed E-state index contributed by atoms with van der Waals surface area (Å²) in [4.78, 5) is 35.4. The molecule has 90 valence electrons. The molecule has 0 N–H and O–H groups in total. The van der Waals surface area contributed by atoms with Gasteiger partial charge in [-0.15, -0.1) is 0 Å². The molecule has 0 bridgehead atoms. The van der Waals surface area contributed by atoms with E-state index in [0.29, 0.717) is 0 Å². The molecule has 0 aliphatic carbocycles. The first-order valence-electron chi connectivity index (χ1n) is 5.36. The summed E-state index contributed by atoms with van der Waals surface area (Å²) in [6.07, 6.45) is 0. The molecule has 0 radical (unpaired) electrons. The lowest BCUT2D eigenvalue weighted by atomic mass is 10.00. The van der Waals surface area contributed by atoms with Crippen LogP contribution < -0.4 is 0 Å². The van der Waals surface area contributed by atoms with E-state index >= 15 is 0 Å². The molecule has 5 nitrogen and oxygen atoms in total. The molecule has 0 spiro atoms. The highest BCUT2D eigenvalue weighted by atomic mass is 16.5. The van der Waals surface area contributed by atoms with Crippen molar-refractivity contribution in [1.82, 2.24) is 4.90 Å². The molecule has 0 saturated carbocycles. The van der Waals surface area contributed by atoms with E-state index in [9.17, 15) is 14.4 Å². The third-order valence-electron chi connectivity index (χ3n) is 2.97. The van der Waals surface area contributed by atoms with Crippen molar-refractivity contribution in [2.24, 2.45) is 11.8 Å². The number of hydrogen-bond donors (Lipinski definition) is 0. The summed E-state index contributed by atoms with van der Waals surface area (Å²) in [5, 5.41) is 0. The van der Waals surface area contributed by atoms with Crippen LogP contribution in [0.5, 0.6) is 0 Å². The Balaban J connectivity index is 2.69. The van der Waals surface area contributed by atoms with Crippen LogP contribution in [-0.4, -0.2) is 35.3 Å². The smallest absolute Gasteiger partial charge is 0.302 e. The highest BCUT2D eigenvalue weighted by molar-refractivity contribution is 6.05. The fourth-order valence-corrected chi connectivity index (χ4v) is 1.72. The van der Waals surface area contributed by atoms with Gasteiger partial charge < -0.3 is 4.74 Å². The number of nitrogens with zero attached hydrogens (tertiary/aromatic N) is 1. The van der Waals surface area contributed by atoms with Gasteiger partial charge in [-0.1, -0.05) is 13.8 Å². The maximum absolute atomic E-state index is 11.8. The first kappa shape index (κ1) is 12.7. The van der Waals surface area contributed by atoms with Crippen LogP contribution in [0.1, 0.15) is 27.7 Å². The van der Waals surface area contributed by atoms with Gasteiger partial charge in [0, 0.05) is 18.8 Å². The Kier molecular flexibility index (Phi) is 3.67. The molecule has 1 heterocycles. The minimum absolute atomic E-state index is 0.0618. The number of carbonyl (C=O) groups excluding carboxylic acids is 3. The molecule has 0 aromatic carbocycles. The lowest BCUT2D eigenvalue weighted by Gasteiger charge is -2.22. The Hall–Kier alpha value is -1.39. The zero-order valence-corrected chi connectivity index (χ0v) is 10.0. The second-order valence-electron chi connectivity index (χ2n) is 4.28. The van der Waals surface area contributed by atoms with Crippen molar-refractivity contribution in [2.75, 3.05) is 6.61 Å². The highest BCUT2D eigenvalue weighted by Crippen LogP contribution is 2.27. The number of ether oxygens (including phenoxy) is 1. The van der Waals surface area contributed by atoms with Gasteiger partial charge >= 0.3 is 5.97 Å². The summed E-state index contributed by atoms with van der Waals surface area (Å²) >= 11 is 0. The van der Waals surface area contributed by atoms with E-state index < -0.39 is 12.0 Å². The van der Waals surface area contributed by atoms with Crippen LogP contribution in [0.4, 0.5) is 0 Å². The van der Waals surface area contributed by atoms with Crippen molar-refractivity contribution in [3.05, 3.63) is 0 Å². The monoisotopic (exact) mass is 227 g/mol. The van der Waals surface area contributed by atoms with Crippen LogP contribution in [0.2, 0.25) is 0 Å². The molecule has 1 rings (SSSR count). The second-order valence-corrected chi connectivity index (χ2v) is 4.28. The molecular formula is C11H17NO4. The molecule has 1 aliphatic heterocycles. The first-order chi connectivity index (χ1) is 7.36. The summed E-state index contributed by atoms with van der Waals surface area (Å²) in [6, 6.07) is -0.392. The molecule has 0 aromatic rings. The topological polar surface area (TPSA) is 63.7 Å². The van der Waals surface area contributed by atoms with Crippen molar-refractivity contribution in [2.45, 2.75) is 33.7 Å². The maximum atomic E-state index is 11.8. The molecule has 16 heavy (non-hydrogen) atoms. The van der Waals surface area contributed by atoms with Gasteiger partial charge in [-0.3, -0.25) is 19.3 Å². The van der Waals surface area contributed by atoms with E-state index in [1.807, 2.05) is 0 Å². The van der Waals surface area contributed by atoms with Crippen LogP contribution >= 0.6 is 0 Å². The van der Waals surface area contributed by atoms with Gasteiger partial charge in [0.2, 0.25) is 11.8 Å². The van der Waals surface area contributed by atoms with Crippen molar-refractivity contribution in [3.8, 4) is 0 Å². The third kappa shape index (κ3) is 2.23. The van der Waals surface area contributed by atoms with Gasteiger partial charge in [-0.05, 0) is 6.92 Å². The van der Waals surface area contributed by atoms with E-state index in [0.717, 1.165) is 0 Å². The average Bonchev–Trinajstić information content (AvgIpc) is 2.40. The van der Waals surface area contributed by atoms with Crippen molar-refractivity contribution < 1.29 is 19.1 Å². The number of rotatable bonds is 3. The van der Waals surface area contributed by atoms with Crippen molar-refractivity contribution in [3.63, 3.8) is 0 Å². The number of esters is 1. The maximum Gasteiger partial charge on any atom is 0.302 e. The minimum atomic E-state index is -0.410. The fourth-order valence-electron chi connectivity index (χ4n) is 1.72. The number of amides is 2. The molecule has 1 saturated heterocycles. The summed E-state index contributed by atoms with van der Waals surface area (Å²) in [5.74, 6) is -1.35. The van der Waals surface area contributed by atoms with Crippen molar-refractivity contribution >= 4 is 17.8 Å². The summed E-state index contributed by atoms with van der Waals surface area (Å²) in [7, 11) is 0. The SMILES string of the molecule is CC(=O)OC[C@H](C)N1C(=O)[C@H](C)[C@@H](C)C1=O. The van der Waals surface area contributed by atoms with Gasteiger partial charge in [-0.2, -0.15) is 0 Å². The predicted molar refractivity (Wildman–Crippen MR) is 56.3 cm³/mol. The van der Waals surface area contributed by atoms with E-state index in [-0.39, 0.29) is 30.3 Å². The van der Waals surface area contributed by atoms with Gasteiger partial charge in [0.05, 0.1) is 6.04 Å². The quantitative estimate of drug-likeness (QED) is 0.522. The van der Waals surface area contributed by atoms with E-state index in [1.165, 1.54) is 11.8 Å². The normalized spacial score (nSPS) is 27.1. The zero-order chi connectivity index (χ0) is 12.5. The van der Waals surface area contributed by atoms with E-state index in [4.69, 9.17) is 4.74 Å². The summed E-state index contributed by atoms with van der Waals surface area (Å²) in [5.41, 5.74) is 0. The molecule has 2 amide bonds. The average molecular weight is 227 g/mol. The Bertz CT molecular complexity index is 306. The van der Waals surface area contributed by atoms with Gasteiger partial charge in [0.25, 0.3) is 0 Å². The summed E-state index contributed by atoms with van der Waals surface area (Å²) < 4.78 is 4.80. The highest BCUT2D eigenvalue weighted by Gasteiger charge is 2.44. The third-order valence-corrected chi connectivity index (χ3v) is 2.97. The molecule has 5 heteroatoms. The van der Waals surface area contributed by atoms with E-state index in [2.05, 4.69) is 0 Å². The molecular weight excluding hydrogens is 210 g/mol. The Morgan fingerprint density at radius 2 is 1.75 bits per heavy atom. The van der Waals surface area contributed by atoms with Gasteiger partial charge in [0.1, 0.15) is 6.61 Å². The summed E-state index contributed by atoms with van der Waals surface area (Å²) in [6.45, 7) is 6.54. The van der Waals surface area contributed by atoms with Gasteiger partial charge in [-0.25, -0.2) is 0 Å². The van der Waals surface area contributed by atoms with Crippen LogP contribution in [0.3, 0.4) is 0 Å². The molecule has 3 atom stereocenters. The Morgan fingerprint density at radius 3 is 2.12 bits per heavy atom. The molecule has 0 unspecified atom stereocenters. The second kappa shape index (κ2) is 4.63. The Morgan fingerprint density at radius 1 is 1.31 bits per heavy atom. The van der Waals surface area contributed by atoms with Crippen LogP contribution in [0.25, 0.3) is 0 Å².